The minimum Gasteiger partial charge on any atom is -0.453 e. The highest BCUT2D eigenvalue weighted by molar-refractivity contribution is 5.76. The second-order valence-electron chi connectivity index (χ2n) is 11.0. The Morgan fingerprint density at radius 2 is 1.03 bits per heavy atom. The molecule has 4 aliphatic heterocycles. The fraction of sp³-hybridized carbons (Fsp3) is 0.500. The maximum absolute atomic E-state index is 13.3. The molecule has 8 bridgehead atoms. The van der Waals surface area contributed by atoms with Crippen LogP contribution in [-0.4, -0.2) is 83.8 Å². The second-order valence-corrected chi connectivity index (χ2v) is 11.0. The fourth-order valence-corrected chi connectivity index (χ4v) is 9.82. The van der Waals surface area contributed by atoms with Crippen LogP contribution in [0.1, 0.15) is 23.0 Å². The van der Waals surface area contributed by atoms with Crippen LogP contribution in [0.15, 0.2) is 60.7 Å². The van der Waals surface area contributed by atoms with Crippen LogP contribution in [0.2, 0.25) is 0 Å². The van der Waals surface area contributed by atoms with E-state index in [2.05, 4.69) is 24.3 Å². The molecule has 4 heterocycles. The SMILES string of the molecule is COC(=O)N1C2C3C4N(C(=O)OC)C5C(C1C5(CO)[C@H]3c1ccccc1)[C@@H](c1ccccc1)C24CO. The Morgan fingerprint density at radius 1 is 0.694 bits per heavy atom. The van der Waals surface area contributed by atoms with Gasteiger partial charge in [-0.15, -0.1) is 0 Å². The van der Waals surface area contributed by atoms with Gasteiger partial charge in [0.25, 0.3) is 0 Å². The molecule has 36 heavy (non-hydrogen) atoms. The summed E-state index contributed by atoms with van der Waals surface area (Å²) in [5.41, 5.74) is 0.667. The number of carbonyl (C=O) groups is 2. The van der Waals surface area contributed by atoms with E-state index in [-0.39, 0.29) is 61.1 Å². The molecule has 6 fully saturated rings. The lowest BCUT2D eigenvalue weighted by Crippen LogP contribution is -3.02. The number of carbonyl (C=O) groups excluding carboxylic acids is 2. The van der Waals surface area contributed by atoms with Crippen LogP contribution >= 0.6 is 0 Å². The molecule has 0 spiro atoms. The van der Waals surface area contributed by atoms with Crippen LogP contribution in [0.4, 0.5) is 9.59 Å². The molecule has 0 aromatic heterocycles. The standard InChI is InChI=1S/C28H30N2O6/c1-35-25(33)29-21-17-19(15-9-5-3-6-10-15)27(13-31)22(29)18-20(16-11-7-4-8-12-16)28(21,14-32)23(17)30(24(18)27)26(34)36-2/h3-12,17-24,31-32H,13-14H2,1-2H3/t17?,18?,19-,20+,21?,22?,23?,24?,27?,28?. The number of aliphatic hydroxyl groups is 2. The summed E-state index contributed by atoms with van der Waals surface area (Å²) in [7, 11) is 2.76. The summed E-state index contributed by atoms with van der Waals surface area (Å²) in [6.07, 6.45) is -0.866. The highest BCUT2D eigenvalue weighted by atomic mass is 16.5. The van der Waals surface area contributed by atoms with Gasteiger partial charge in [-0.3, -0.25) is 9.80 Å². The van der Waals surface area contributed by atoms with E-state index >= 15 is 0 Å². The van der Waals surface area contributed by atoms with Crippen molar-refractivity contribution in [1.82, 2.24) is 9.80 Å². The lowest BCUT2D eigenvalue weighted by Gasteiger charge is -2.91. The second kappa shape index (κ2) is 7.23. The van der Waals surface area contributed by atoms with Crippen LogP contribution in [0.3, 0.4) is 0 Å². The van der Waals surface area contributed by atoms with Gasteiger partial charge < -0.3 is 19.7 Å². The van der Waals surface area contributed by atoms with Gasteiger partial charge in [0.1, 0.15) is 0 Å². The zero-order chi connectivity index (χ0) is 25.0. The highest BCUT2D eigenvalue weighted by Gasteiger charge is 2.93. The van der Waals surface area contributed by atoms with Crippen LogP contribution in [-0.2, 0) is 9.47 Å². The Kier molecular flexibility index (Phi) is 4.44. The van der Waals surface area contributed by atoms with Crippen LogP contribution in [0.5, 0.6) is 0 Å². The molecule has 188 valence electrons. The summed E-state index contributed by atoms with van der Waals surface area (Å²) in [6, 6.07) is 18.8. The smallest absolute Gasteiger partial charge is 0.410 e. The number of rotatable bonds is 4. The predicted molar refractivity (Wildman–Crippen MR) is 128 cm³/mol. The molecule has 6 aliphatic rings. The lowest BCUT2D eigenvalue weighted by molar-refractivity contribution is -0.406. The van der Waals surface area contributed by atoms with Crippen molar-refractivity contribution in [3.63, 3.8) is 0 Å². The number of piperidine rings is 4. The fourth-order valence-electron chi connectivity index (χ4n) is 9.82. The number of benzene rings is 2. The molecule has 2 aromatic rings. The van der Waals surface area contributed by atoms with Gasteiger partial charge in [0, 0.05) is 34.5 Å². The van der Waals surface area contributed by atoms with E-state index in [9.17, 15) is 19.8 Å². The largest absolute Gasteiger partial charge is 0.453 e. The summed E-state index contributed by atoms with van der Waals surface area (Å²) in [6.45, 7) is -0.355. The van der Waals surface area contributed by atoms with Crippen molar-refractivity contribution in [2.24, 2.45) is 22.7 Å². The average Bonchev–Trinajstić information content (AvgIpc) is 2.90. The van der Waals surface area contributed by atoms with E-state index in [1.54, 1.807) is 0 Å². The molecule has 2 aromatic carbocycles. The number of hydrogen-bond donors (Lipinski definition) is 2. The Morgan fingerprint density at radius 3 is 1.31 bits per heavy atom. The number of nitrogens with zero attached hydrogens (tertiary/aromatic N) is 2. The molecule has 4 saturated heterocycles. The molecular formula is C28H30N2O6. The van der Waals surface area contributed by atoms with Gasteiger partial charge in [-0.1, -0.05) is 60.7 Å². The van der Waals surface area contributed by atoms with Crippen molar-refractivity contribution in [2.45, 2.75) is 36.0 Å². The minimum atomic E-state index is -0.763. The van der Waals surface area contributed by atoms with Crippen molar-refractivity contribution in [2.75, 3.05) is 27.4 Å². The Labute approximate surface area is 209 Å². The van der Waals surface area contributed by atoms with Gasteiger partial charge in [-0.2, -0.15) is 0 Å². The van der Waals surface area contributed by atoms with Gasteiger partial charge in [0.15, 0.2) is 0 Å². The van der Waals surface area contributed by atoms with Gasteiger partial charge in [0.05, 0.1) is 51.6 Å². The Balaban J connectivity index is 1.52. The molecule has 2 amide bonds. The van der Waals surface area contributed by atoms with E-state index in [1.807, 2.05) is 46.2 Å². The first-order valence-corrected chi connectivity index (χ1v) is 12.6. The molecule has 8 nitrogen and oxygen atoms in total. The summed E-state index contributed by atoms with van der Waals surface area (Å²) in [5.74, 6) is -0.485. The zero-order valence-corrected chi connectivity index (χ0v) is 20.2. The molecule has 2 N–H and O–H groups in total. The summed E-state index contributed by atoms with van der Waals surface area (Å²) >= 11 is 0. The monoisotopic (exact) mass is 490 g/mol. The number of amides is 2. The number of hydrogen-bond acceptors (Lipinski definition) is 6. The molecular weight excluding hydrogens is 460 g/mol. The third-order valence-corrected chi connectivity index (χ3v) is 10.4. The summed E-state index contributed by atoms with van der Waals surface area (Å²) in [4.78, 5) is 30.3. The van der Waals surface area contributed by atoms with Crippen molar-refractivity contribution < 1.29 is 29.3 Å². The normalized spacial score (nSPS) is 42.4. The Hall–Kier alpha value is -3.10. The quantitative estimate of drug-likeness (QED) is 0.683. The maximum Gasteiger partial charge on any atom is 0.410 e. The van der Waals surface area contributed by atoms with Crippen LogP contribution < -0.4 is 0 Å². The molecule has 6 atom stereocenters. The predicted octanol–water partition coefficient (Wildman–Crippen LogP) is 2.42. The molecule has 8 heteroatoms. The zero-order valence-electron chi connectivity index (χ0n) is 20.2. The minimum absolute atomic E-state index is 0.0665. The molecule has 8 rings (SSSR count). The van der Waals surface area contributed by atoms with E-state index in [4.69, 9.17) is 9.47 Å². The van der Waals surface area contributed by atoms with Crippen molar-refractivity contribution in [3.8, 4) is 0 Å². The van der Waals surface area contributed by atoms with E-state index in [0.717, 1.165) is 11.1 Å². The van der Waals surface area contributed by atoms with Gasteiger partial charge in [-0.25, -0.2) is 9.59 Å². The first kappa shape index (κ1) is 22.1. The first-order chi connectivity index (χ1) is 17.5. The van der Waals surface area contributed by atoms with Gasteiger partial charge >= 0.3 is 12.2 Å². The van der Waals surface area contributed by atoms with Gasteiger partial charge in [-0.05, 0) is 11.1 Å². The molecule has 0 radical (unpaired) electrons. The number of aliphatic hydroxyl groups excluding tert-OH is 2. The van der Waals surface area contributed by atoms with E-state index in [0.29, 0.717) is 0 Å². The molecule has 2 saturated carbocycles. The maximum atomic E-state index is 13.3. The highest BCUT2D eigenvalue weighted by Crippen LogP contribution is 2.84. The average molecular weight is 491 g/mol. The van der Waals surface area contributed by atoms with Crippen LogP contribution in [0, 0.1) is 22.7 Å². The molecule has 2 aliphatic carbocycles. The van der Waals surface area contributed by atoms with Gasteiger partial charge in [0.2, 0.25) is 0 Å². The lowest BCUT2D eigenvalue weighted by atomic mass is 9.23. The number of methoxy groups -OCH3 is 2. The van der Waals surface area contributed by atoms with Crippen molar-refractivity contribution in [3.05, 3.63) is 71.8 Å². The van der Waals surface area contributed by atoms with Crippen LogP contribution in [0.25, 0.3) is 0 Å². The van der Waals surface area contributed by atoms with E-state index < -0.39 is 23.0 Å². The van der Waals surface area contributed by atoms with Crippen molar-refractivity contribution in [1.29, 1.82) is 0 Å². The van der Waals surface area contributed by atoms with E-state index in [1.165, 1.54) is 14.2 Å². The number of ether oxygens (including phenoxy) is 2. The summed E-state index contributed by atoms with van der Waals surface area (Å²) < 4.78 is 10.6. The summed E-state index contributed by atoms with van der Waals surface area (Å²) in [5, 5.41) is 22.4. The third kappa shape index (κ3) is 2.09. The third-order valence-electron chi connectivity index (χ3n) is 10.4. The Bertz CT molecular complexity index is 1100. The first-order valence-electron chi connectivity index (χ1n) is 12.6. The van der Waals surface area contributed by atoms with Crippen molar-refractivity contribution >= 4 is 12.2 Å². The molecule has 4 unspecified atom stereocenters. The topological polar surface area (TPSA) is 99.5 Å².